The smallest absolute Gasteiger partial charge is 0.321 e. The molecule has 5 heteroatoms. The highest BCUT2D eigenvalue weighted by molar-refractivity contribution is 8.00. The number of aliphatic carboxylic acids is 1. The molecule has 0 radical (unpaired) electrons. The normalized spacial score (nSPS) is 14.2. The molecule has 28 heavy (non-hydrogen) atoms. The first-order chi connectivity index (χ1) is 13.5. The summed E-state index contributed by atoms with van der Waals surface area (Å²) in [6.07, 6.45) is 0.625. The molecule has 0 saturated carbocycles. The Hall–Kier alpha value is -2.63. The van der Waals surface area contributed by atoms with Gasteiger partial charge in [0.1, 0.15) is 11.9 Å². The van der Waals surface area contributed by atoms with Gasteiger partial charge < -0.3 is 10.8 Å². The van der Waals surface area contributed by atoms with E-state index in [1.165, 1.54) is 23.9 Å². The molecular weight excluding hydrogens is 373 g/mol. The third kappa shape index (κ3) is 4.61. The van der Waals surface area contributed by atoms with E-state index in [1.807, 2.05) is 60.7 Å². The second kappa shape index (κ2) is 9.04. The number of rotatable bonds is 8. The zero-order valence-corrected chi connectivity index (χ0v) is 16.1. The summed E-state index contributed by atoms with van der Waals surface area (Å²) in [6, 6.07) is 25.3. The second-order valence-corrected chi connectivity index (χ2v) is 7.94. The van der Waals surface area contributed by atoms with Crippen molar-refractivity contribution in [3.8, 4) is 0 Å². The average molecular weight is 395 g/mol. The van der Waals surface area contributed by atoms with Crippen molar-refractivity contribution in [2.45, 2.75) is 17.2 Å². The fraction of sp³-hybridized carbons (Fsp3) is 0.174. The van der Waals surface area contributed by atoms with Gasteiger partial charge in [-0.1, -0.05) is 72.8 Å². The van der Waals surface area contributed by atoms with Crippen LogP contribution in [0.5, 0.6) is 0 Å². The Bertz CT molecular complexity index is 903. The predicted molar refractivity (Wildman–Crippen MR) is 112 cm³/mol. The van der Waals surface area contributed by atoms with E-state index in [9.17, 15) is 14.3 Å². The Morgan fingerprint density at radius 1 is 0.929 bits per heavy atom. The fourth-order valence-electron chi connectivity index (χ4n) is 3.20. The molecule has 0 aliphatic heterocycles. The Labute approximate surface area is 168 Å². The first-order valence-electron chi connectivity index (χ1n) is 8.99. The third-order valence-corrected chi connectivity index (χ3v) is 6.31. The standard InChI is InChI=1S/C23H22FNO2S/c24-20-13-11-19(12-14-20)23(18-9-5-2-6-10-18,28-16-21(25)22(26)27)15-17-7-3-1-4-8-17/h1-14,21H,15-16,25H2,(H,26,27)/t21-,23?/m0/s1. The first-order valence-corrected chi connectivity index (χ1v) is 9.98. The Kier molecular flexibility index (Phi) is 6.49. The number of carboxylic acids is 1. The first kappa shape index (κ1) is 20.1. The van der Waals surface area contributed by atoms with Crippen molar-refractivity contribution in [3.05, 3.63) is 107 Å². The summed E-state index contributed by atoms with van der Waals surface area (Å²) in [5.41, 5.74) is 8.85. The molecular formula is C23H22FNO2S. The maximum atomic E-state index is 13.6. The quantitative estimate of drug-likeness (QED) is 0.591. The lowest BCUT2D eigenvalue weighted by molar-refractivity contribution is -0.137. The van der Waals surface area contributed by atoms with Crippen LogP contribution in [0.3, 0.4) is 0 Å². The van der Waals surface area contributed by atoms with E-state index in [4.69, 9.17) is 5.73 Å². The van der Waals surface area contributed by atoms with Crippen LogP contribution in [-0.2, 0) is 16.0 Å². The molecule has 0 aromatic heterocycles. The summed E-state index contributed by atoms with van der Waals surface area (Å²) in [4.78, 5) is 11.3. The highest BCUT2D eigenvalue weighted by Gasteiger charge is 2.36. The molecule has 1 unspecified atom stereocenters. The van der Waals surface area contributed by atoms with Crippen LogP contribution in [-0.4, -0.2) is 22.9 Å². The molecule has 3 rings (SSSR count). The maximum Gasteiger partial charge on any atom is 0.321 e. The van der Waals surface area contributed by atoms with Gasteiger partial charge in [-0.2, -0.15) is 0 Å². The van der Waals surface area contributed by atoms with Crippen LogP contribution in [0.4, 0.5) is 4.39 Å². The fourth-order valence-corrected chi connectivity index (χ4v) is 4.68. The van der Waals surface area contributed by atoms with Gasteiger partial charge in [-0.25, -0.2) is 4.39 Å². The molecule has 2 atom stereocenters. The van der Waals surface area contributed by atoms with Crippen LogP contribution in [0.2, 0.25) is 0 Å². The number of halogens is 1. The van der Waals surface area contributed by atoms with Crippen LogP contribution in [0.1, 0.15) is 16.7 Å². The Balaban J connectivity index is 2.12. The van der Waals surface area contributed by atoms with E-state index in [-0.39, 0.29) is 11.6 Å². The summed E-state index contributed by atoms with van der Waals surface area (Å²) < 4.78 is 13.0. The van der Waals surface area contributed by atoms with E-state index in [2.05, 4.69) is 0 Å². The topological polar surface area (TPSA) is 63.3 Å². The third-order valence-electron chi connectivity index (χ3n) is 4.67. The number of carboxylic acid groups (broad SMARTS) is 1. The van der Waals surface area contributed by atoms with Gasteiger partial charge in [-0.15, -0.1) is 11.8 Å². The van der Waals surface area contributed by atoms with Crippen molar-refractivity contribution in [3.63, 3.8) is 0 Å². The zero-order chi connectivity index (χ0) is 20.0. The molecule has 0 aliphatic rings. The van der Waals surface area contributed by atoms with Gasteiger partial charge in [0.25, 0.3) is 0 Å². The van der Waals surface area contributed by atoms with Crippen LogP contribution in [0, 0.1) is 5.82 Å². The molecule has 0 amide bonds. The van der Waals surface area contributed by atoms with Crippen LogP contribution in [0.25, 0.3) is 0 Å². The van der Waals surface area contributed by atoms with Crippen LogP contribution >= 0.6 is 11.8 Å². The number of hydrogen-bond donors (Lipinski definition) is 2. The molecule has 0 aliphatic carbocycles. The van der Waals surface area contributed by atoms with Gasteiger partial charge in [0.2, 0.25) is 0 Å². The molecule has 0 fully saturated rings. The largest absolute Gasteiger partial charge is 0.480 e. The van der Waals surface area contributed by atoms with Crippen molar-refractivity contribution in [2.24, 2.45) is 5.73 Å². The van der Waals surface area contributed by atoms with Gasteiger partial charge in [-0.3, -0.25) is 4.79 Å². The minimum absolute atomic E-state index is 0.231. The molecule has 0 saturated heterocycles. The Morgan fingerprint density at radius 3 is 2.04 bits per heavy atom. The molecule has 3 nitrogen and oxygen atoms in total. The molecule has 0 spiro atoms. The monoisotopic (exact) mass is 395 g/mol. The molecule has 3 aromatic carbocycles. The Morgan fingerprint density at radius 2 is 1.46 bits per heavy atom. The molecule has 3 aromatic rings. The highest BCUT2D eigenvalue weighted by atomic mass is 32.2. The van der Waals surface area contributed by atoms with Gasteiger partial charge in [0, 0.05) is 5.75 Å². The van der Waals surface area contributed by atoms with E-state index < -0.39 is 16.8 Å². The lowest BCUT2D eigenvalue weighted by atomic mass is 9.85. The summed E-state index contributed by atoms with van der Waals surface area (Å²) >= 11 is 1.48. The average Bonchev–Trinajstić information content (AvgIpc) is 2.73. The van der Waals surface area contributed by atoms with Crippen LogP contribution in [0.15, 0.2) is 84.9 Å². The van der Waals surface area contributed by atoms with Crippen molar-refractivity contribution in [1.82, 2.24) is 0 Å². The molecule has 0 heterocycles. The summed E-state index contributed by atoms with van der Waals surface area (Å²) in [6.45, 7) is 0. The lowest BCUT2D eigenvalue weighted by Crippen LogP contribution is -2.36. The van der Waals surface area contributed by atoms with Gasteiger partial charge in [-0.05, 0) is 35.2 Å². The number of hydrogen-bond acceptors (Lipinski definition) is 3. The van der Waals surface area contributed by atoms with E-state index >= 15 is 0 Å². The lowest BCUT2D eigenvalue weighted by Gasteiger charge is -2.35. The number of carbonyl (C=O) groups is 1. The van der Waals surface area contributed by atoms with Crippen molar-refractivity contribution < 1.29 is 14.3 Å². The van der Waals surface area contributed by atoms with Gasteiger partial charge >= 0.3 is 5.97 Å². The SMILES string of the molecule is N[C@@H](CSC(Cc1ccccc1)(c1ccccc1)c1ccc(F)cc1)C(=O)O. The van der Waals surface area contributed by atoms with Gasteiger partial charge in [0.15, 0.2) is 0 Å². The minimum Gasteiger partial charge on any atom is -0.480 e. The van der Waals surface area contributed by atoms with Crippen molar-refractivity contribution >= 4 is 17.7 Å². The molecule has 144 valence electrons. The number of benzene rings is 3. The van der Waals surface area contributed by atoms with E-state index in [0.717, 1.165) is 16.7 Å². The second-order valence-electron chi connectivity index (χ2n) is 6.62. The molecule has 3 N–H and O–H groups in total. The van der Waals surface area contributed by atoms with Crippen molar-refractivity contribution in [1.29, 1.82) is 0 Å². The van der Waals surface area contributed by atoms with E-state index in [0.29, 0.717) is 6.42 Å². The number of thioether (sulfide) groups is 1. The van der Waals surface area contributed by atoms with Crippen molar-refractivity contribution in [2.75, 3.05) is 5.75 Å². The maximum absolute atomic E-state index is 13.6. The molecule has 0 bridgehead atoms. The predicted octanol–water partition coefficient (Wildman–Crippen LogP) is 4.46. The minimum atomic E-state index is -1.03. The van der Waals surface area contributed by atoms with Gasteiger partial charge in [0.05, 0.1) is 4.75 Å². The highest BCUT2D eigenvalue weighted by Crippen LogP contribution is 2.45. The summed E-state index contributed by atoms with van der Waals surface area (Å²) in [7, 11) is 0. The zero-order valence-electron chi connectivity index (χ0n) is 15.3. The summed E-state index contributed by atoms with van der Waals surface area (Å²) in [5, 5.41) is 9.26. The van der Waals surface area contributed by atoms with Crippen LogP contribution < -0.4 is 5.73 Å². The number of nitrogens with two attached hydrogens (primary N) is 1. The van der Waals surface area contributed by atoms with E-state index in [1.54, 1.807) is 12.1 Å². The summed E-state index contributed by atoms with van der Waals surface area (Å²) in [5.74, 6) is -1.11.